The SMILES string of the molecule is Cc1c(Cl)cncc1C(CNC1=NCCO1)c1cccc(Cl)c1. The Morgan fingerprint density at radius 2 is 2.17 bits per heavy atom. The average Bonchev–Trinajstić information content (AvgIpc) is 3.05. The van der Waals surface area contributed by atoms with Gasteiger partial charge >= 0.3 is 0 Å². The van der Waals surface area contributed by atoms with Gasteiger partial charge in [0, 0.05) is 29.9 Å². The van der Waals surface area contributed by atoms with Crippen LogP contribution in [0.2, 0.25) is 10.0 Å². The summed E-state index contributed by atoms with van der Waals surface area (Å²) < 4.78 is 5.42. The molecule has 0 spiro atoms. The van der Waals surface area contributed by atoms with Gasteiger partial charge in [-0.15, -0.1) is 0 Å². The van der Waals surface area contributed by atoms with E-state index < -0.39 is 0 Å². The second kappa shape index (κ2) is 7.20. The van der Waals surface area contributed by atoms with Gasteiger partial charge in [0.1, 0.15) is 6.61 Å². The number of aliphatic imine (C=N–C) groups is 1. The van der Waals surface area contributed by atoms with Gasteiger partial charge in [-0.05, 0) is 35.7 Å². The van der Waals surface area contributed by atoms with Gasteiger partial charge in [0.15, 0.2) is 0 Å². The maximum atomic E-state index is 6.25. The molecule has 1 aliphatic rings. The van der Waals surface area contributed by atoms with E-state index in [0.29, 0.717) is 35.8 Å². The fraction of sp³-hybridized carbons (Fsp3) is 0.294. The quantitative estimate of drug-likeness (QED) is 0.912. The molecule has 1 aromatic heterocycles. The number of pyridine rings is 1. The molecule has 0 bridgehead atoms. The normalized spacial score (nSPS) is 15.0. The molecule has 1 atom stereocenters. The smallest absolute Gasteiger partial charge is 0.284 e. The van der Waals surface area contributed by atoms with Crippen LogP contribution in [-0.4, -0.2) is 30.7 Å². The van der Waals surface area contributed by atoms with E-state index in [2.05, 4.69) is 21.4 Å². The highest BCUT2D eigenvalue weighted by Crippen LogP contribution is 2.30. The topological polar surface area (TPSA) is 46.5 Å². The van der Waals surface area contributed by atoms with E-state index in [1.54, 1.807) is 6.20 Å². The zero-order valence-corrected chi connectivity index (χ0v) is 14.2. The van der Waals surface area contributed by atoms with Crippen molar-refractivity contribution in [1.82, 2.24) is 10.3 Å². The number of halogens is 2. The van der Waals surface area contributed by atoms with Gasteiger partial charge < -0.3 is 10.1 Å². The van der Waals surface area contributed by atoms with Crippen molar-refractivity contribution in [3.8, 4) is 0 Å². The zero-order valence-electron chi connectivity index (χ0n) is 12.7. The summed E-state index contributed by atoms with van der Waals surface area (Å²) in [5.74, 6) is 0.0480. The first kappa shape index (κ1) is 16.1. The van der Waals surface area contributed by atoms with Crippen LogP contribution >= 0.6 is 23.2 Å². The molecule has 2 heterocycles. The van der Waals surface area contributed by atoms with Crippen molar-refractivity contribution in [1.29, 1.82) is 0 Å². The third-order valence-corrected chi connectivity index (χ3v) is 4.48. The van der Waals surface area contributed by atoms with Crippen LogP contribution < -0.4 is 5.32 Å². The second-order valence-electron chi connectivity index (χ2n) is 5.36. The van der Waals surface area contributed by atoms with Crippen molar-refractivity contribution in [3.63, 3.8) is 0 Å². The Balaban J connectivity index is 1.93. The Hall–Kier alpha value is -1.78. The molecule has 1 aliphatic heterocycles. The number of hydrogen-bond acceptors (Lipinski definition) is 4. The van der Waals surface area contributed by atoms with Crippen LogP contribution in [-0.2, 0) is 4.74 Å². The molecule has 0 fully saturated rings. The third kappa shape index (κ3) is 3.77. The first-order valence-electron chi connectivity index (χ1n) is 7.41. The van der Waals surface area contributed by atoms with Crippen molar-refractivity contribution >= 4 is 29.2 Å². The molecule has 0 amide bonds. The first-order valence-corrected chi connectivity index (χ1v) is 8.17. The predicted octanol–water partition coefficient (Wildman–Crippen LogP) is 3.80. The van der Waals surface area contributed by atoms with Crippen molar-refractivity contribution in [3.05, 3.63) is 63.4 Å². The Morgan fingerprint density at radius 3 is 2.91 bits per heavy atom. The molecular formula is C17H17Cl2N3O. The minimum atomic E-state index is 0.0480. The molecule has 0 saturated heterocycles. The van der Waals surface area contributed by atoms with Crippen molar-refractivity contribution in [2.75, 3.05) is 19.7 Å². The van der Waals surface area contributed by atoms with Crippen LogP contribution in [0.4, 0.5) is 0 Å². The molecule has 23 heavy (non-hydrogen) atoms. The summed E-state index contributed by atoms with van der Waals surface area (Å²) in [5, 5.41) is 4.62. The van der Waals surface area contributed by atoms with Gasteiger partial charge in [-0.1, -0.05) is 35.3 Å². The van der Waals surface area contributed by atoms with E-state index in [9.17, 15) is 0 Å². The second-order valence-corrected chi connectivity index (χ2v) is 6.20. The molecule has 3 rings (SSSR count). The van der Waals surface area contributed by atoms with E-state index in [1.165, 1.54) is 0 Å². The largest absolute Gasteiger partial charge is 0.463 e. The van der Waals surface area contributed by atoms with Gasteiger partial charge in [-0.25, -0.2) is 4.99 Å². The van der Waals surface area contributed by atoms with Crippen molar-refractivity contribution in [2.45, 2.75) is 12.8 Å². The molecule has 1 aromatic carbocycles. The molecular weight excluding hydrogens is 333 g/mol. The Labute approximate surface area is 145 Å². The summed E-state index contributed by atoms with van der Waals surface area (Å²) in [6.45, 7) is 3.95. The number of benzene rings is 1. The van der Waals surface area contributed by atoms with Gasteiger partial charge in [-0.3, -0.25) is 4.98 Å². The number of hydrogen-bond donors (Lipinski definition) is 1. The zero-order chi connectivity index (χ0) is 16.2. The monoisotopic (exact) mass is 349 g/mol. The van der Waals surface area contributed by atoms with Gasteiger partial charge in [-0.2, -0.15) is 0 Å². The van der Waals surface area contributed by atoms with Gasteiger partial charge in [0.2, 0.25) is 0 Å². The van der Waals surface area contributed by atoms with Crippen LogP contribution in [0.3, 0.4) is 0 Å². The molecule has 1 N–H and O–H groups in total. The maximum Gasteiger partial charge on any atom is 0.284 e. The van der Waals surface area contributed by atoms with Crippen molar-refractivity contribution < 1.29 is 4.74 Å². The van der Waals surface area contributed by atoms with Gasteiger partial charge in [0.05, 0.1) is 11.6 Å². The van der Waals surface area contributed by atoms with Gasteiger partial charge in [0.25, 0.3) is 6.02 Å². The van der Waals surface area contributed by atoms with Crippen LogP contribution in [0.5, 0.6) is 0 Å². The van der Waals surface area contributed by atoms with Crippen LogP contribution in [0, 0.1) is 6.92 Å². The minimum Gasteiger partial charge on any atom is -0.463 e. The van der Waals surface area contributed by atoms with E-state index in [0.717, 1.165) is 16.7 Å². The number of nitrogens with one attached hydrogen (secondary N) is 1. The van der Waals surface area contributed by atoms with E-state index in [1.807, 2.05) is 31.3 Å². The van der Waals surface area contributed by atoms with Crippen molar-refractivity contribution in [2.24, 2.45) is 4.99 Å². The fourth-order valence-electron chi connectivity index (χ4n) is 2.63. The lowest BCUT2D eigenvalue weighted by molar-refractivity contribution is 0.331. The van der Waals surface area contributed by atoms with Crippen LogP contribution in [0.1, 0.15) is 22.6 Å². The molecule has 4 nitrogen and oxygen atoms in total. The number of ether oxygens (including phenoxy) is 1. The highest BCUT2D eigenvalue weighted by atomic mass is 35.5. The van der Waals surface area contributed by atoms with Crippen LogP contribution in [0.15, 0.2) is 41.7 Å². The lowest BCUT2D eigenvalue weighted by Gasteiger charge is -2.21. The molecule has 0 radical (unpaired) electrons. The van der Waals surface area contributed by atoms with E-state index in [-0.39, 0.29) is 5.92 Å². The molecule has 0 saturated carbocycles. The Morgan fingerprint density at radius 1 is 1.30 bits per heavy atom. The standard InChI is InChI=1S/C17H17Cl2N3O/c1-11-14(8-20-10-16(11)19)15(9-22-17-21-5-6-23-17)12-3-2-4-13(18)7-12/h2-4,7-8,10,15H,5-6,9H2,1H3,(H,21,22). The molecule has 1 unspecified atom stereocenters. The number of amidine groups is 1. The number of aromatic nitrogens is 1. The summed E-state index contributed by atoms with van der Waals surface area (Å²) in [7, 11) is 0. The number of rotatable bonds is 4. The third-order valence-electron chi connectivity index (χ3n) is 3.86. The fourth-order valence-corrected chi connectivity index (χ4v) is 2.99. The summed E-state index contributed by atoms with van der Waals surface area (Å²) in [6, 6.07) is 8.41. The predicted molar refractivity (Wildman–Crippen MR) is 93.5 cm³/mol. The minimum absolute atomic E-state index is 0.0480. The highest BCUT2D eigenvalue weighted by molar-refractivity contribution is 6.31. The Bertz CT molecular complexity index is 734. The number of nitrogens with zero attached hydrogens (tertiary/aromatic N) is 2. The highest BCUT2D eigenvalue weighted by Gasteiger charge is 2.20. The lowest BCUT2D eigenvalue weighted by Crippen LogP contribution is -2.29. The lowest BCUT2D eigenvalue weighted by atomic mass is 9.89. The van der Waals surface area contributed by atoms with E-state index >= 15 is 0 Å². The average molecular weight is 350 g/mol. The molecule has 6 heteroatoms. The maximum absolute atomic E-state index is 6.25. The van der Waals surface area contributed by atoms with E-state index in [4.69, 9.17) is 27.9 Å². The molecule has 120 valence electrons. The summed E-state index contributed by atoms with van der Waals surface area (Å²) in [4.78, 5) is 8.51. The summed E-state index contributed by atoms with van der Waals surface area (Å²) in [5.41, 5.74) is 3.17. The van der Waals surface area contributed by atoms with Crippen LogP contribution in [0.25, 0.3) is 0 Å². The summed E-state index contributed by atoms with van der Waals surface area (Å²) in [6.07, 6.45) is 3.51. The molecule has 2 aromatic rings. The molecule has 0 aliphatic carbocycles. The Kier molecular flexibility index (Phi) is 5.03. The summed E-state index contributed by atoms with van der Waals surface area (Å²) >= 11 is 12.4. The first-order chi connectivity index (χ1) is 11.1.